The van der Waals surface area contributed by atoms with Crippen LogP contribution < -0.4 is 21.9 Å². The lowest BCUT2D eigenvalue weighted by molar-refractivity contribution is -0.119. The number of carbonyl (C=O) groups excluding carboxylic acids is 1. The molecule has 0 aromatic carbocycles. The maximum Gasteiger partial charge on any atom is 0.239 e. The molecular formula is C11H20N6O. The van der Waals surface area contributed by atoms with Crippen LogP contribution in [0.15, 0.2) is 6.07 Å². The molecule has 1 aromatic rings. The Balaban J connectivity index is 2.58. The standard InChI is InChI=1S/C11H20N6O/c1-3-5-13-11(18)7-14-9-6-10(17-12)16-8(4-2)15-9/h6H,3-5,7,12H2,1-2H3,(H,13,18)(H2,14,15,16,17). The molecule has 5 N–H and O–H groups in total. The maximum atomic E-state index is 11.4. The van der Waals surface area contributed by atoms with Gasteiger partial charge in [-0.25, -0.2) is 15.8 Å². The van der Waals surface area contributed by atoms with Crippen molar-refractivity contribution in [2.75, 3.05) is 23.8 Å². The highest BCUT2D eigenvalue weighted by atomic mass is 16.1. The number of aryl methyl sites for hydroxylation is 1. The van der Waals surface area contributed by atoms with Crippen LogP contribution in [-0.4, -0.2) is 29.0 Å². The second kappa shape index (κ2) is 7.44. The minimum absolute atomic E-state index is 0.0595. The quantitative estimate of drug-likeness (QED) is 0.410. The van der Waals surface area contributed by atoms with Crippen molar-refractivity contribution in [1.29, 1.82) is 0 Å². The molecule has 0 radical (unpaired) electrons. The van der Waals surface area contributed by atoms with Gasteiger partial charge in [0, 0.05) is 19.0 Å². The molecule has 7 nitrogen and oxygen atoms in total. The predicted molar refractivity (Wildman–Crippen MR) is 71.0 cm³/mol. The van der Waals surface area contributed by atoms with Crippen molar-refractivity contribution in [2.24, 2.45) is 5.84 Å². The van der Waals surface area contributed by atoms with Crippen LogP contribution >= 0.6 is 0 Å². The Morgan fingerprint density at radius 3 is 2.67 bits per heavy atom. The molecular weight excluding hydrogens is 232 g/mol. The highest BCUT2D eigenvalue weighted by Crippen LogP contribution is 2.10. The summed E-state index contributed by atoms with van der Waals surface area (Å²) in [7, 11) is 0. The largest absolute Gasteiger partial charge is 0.361 e. The summed E-state index contributed by atoms with van der Waals surface area (Å²) < 4.78 is 0. The third-order valence-corrected chi connectivity index (χ3v) is 2.24. The number of nitrogens with one attached hydrogen (secondary N) is 3. The van der Waals surface area contributed by atoms with Crippen molar-refractivity contribution in [3.8, 4) is 0 Å². The van der Waals surface area contributed by atoms with Gasteiger partial charge in [-0.3, -0.25) is 4.79 Å². The van der Waals surface area contributed by atoms with Crippen molar-refractivity contribution in [2.45, 2.75) is 26.7 Å². The molecule has 1 heterocycles. The van der Waals surface area contributed by atoms with E-state index in [0.29, 0.717) is 30.4 Å². The fourth-order valence-electron chi connectivity index (χ4n) is 1.32. The fraction of sp³-hybridized carbons (Fsp3) is 0.545. The molecule has 0 aliphatic rings. The van der Waals surface area contributed by atoms with Gasteiger partial charge < -0.3 is 16.1 Å². The monoisotopic (exact) mass is 252 g/mol. The van der Waals surface area contributed by atoms with E-state index in [1.54, 1.807) is 6.07 Å². The molecule has 1 rings (SSSR count). The predicted octanol–water partition coefficient (Wildman–Crippen LogP) is 0.263. The molecule has 0 fully saturated rings. The zero-order valence-electron chi connectivity index (χ0n) is 10.8. The van der Waals surface area contributed by atoms with Crippen molar-refractivity contribution < 1.29 is 4.79 Å². The first-order chi connectivity index (χ1) is 8.69. The number of aromatic nitrogens is 2. The Labute approximate surface area is 107 Å². The fourth-order valence-corrected chi connectivity index (χ4v) is 1.32. The second-order valence-electron chi connectivity index (χ2n) is 3.76. The highest BCUT2D eigenvalue weighted by molar-refractivity contribution is 5.80. The molecule has 1 aromatic heterocycles. The number of nitrogens with two attached hydrogens (primary N) is 1. The normalized spacial score (nSPS) is 9.94. The number of hydrazine groups is 1. The molecule has 1 amide bonds. The van der Waals surface area contributed by atoms with Crippen LogP contribution in [0.4, 0.5) is 11.6 Å². The molecule has 7 heteroatoms. The van der Waals surface area contributed by atoms with Gasteiger partial charge in [-0.05, 0) is 6.42 Å². The molecule has 0 unspecified atom stereocenters. The van der Waals surface area contributed by atoms with Crippen LogP contribution in [0.2, 0.25) is 0 Å². The number of anilines is 2. The van der Waals surface area contributed by atoms with E-state index in [4.69, 9.17) is 5.84 Å². The van der Waals surface area contributed by atoms with Crippen molar-refractivity contribution >= 4 is 17.5 Å². The van der Waals surface area contributed by atoms with Crippen LogP contribution in [0, 0.1) is 0 Å². The van der Waals surface area contributed by atoms with E-state index in [1.165, 1.54) is 0 Å². The highest BCUT2D eigenvalue weighted by Gasteiger charge is 2.04. The molecule has 0 aliphatic heterocycles. The second-order valence-corrected chi connectivity index (χ2v) is 3.76. The first kappa shape index (κ1) is 14.2. The summed E-state index contributed by atoms with van der Waals surface area (Å²) in [5, 5.41) is 5.72. The molecule has 18 heavy (non-hydrogen) atoms. The summed E-state index contributed by atoms with van der Waals surface area (Å²) in [5.74, 6) is 7.04. The van der Waals surface area contributed by atoms with E-state index in [0.717, 1.165) is 6.42 Å². The Morgan fingerprint density at radius 2 is 2.06 bits per heavy atom. The van der Waals surface area contributed by atoms with Crippen molar-refractivity contribution in [3.63, 3.8) is 0 Å². The number of nitrogens with zero attached hydrogens (tertiary/aromatic N) is 2. The zero-order chi connectivity index (χ0) is 13.4. The summed E-state index contributed by atoms with van der Waals surface area (Å²) in [4.78, 5) is 19.8. The topological polar surface area (TPSA) is 105 Å². The maximum absolute atomic E-state index is 11.4. The Hall–Kier alpha value is -1.89. The van der Waals surface area contributed by atoms with Crippen molar-refractivity contribution in [1.82, 2.24) is 15.3 Å². The van der Waals surface area contributed by atoms with Gasteiger partial charge in [0.05, 0.1) is 6.54 Å². The summed E-state index contributed by atoms with van der Waals surface area (Å²) in [5.41, 5.74) is 2.47. The van der Waals surface area contributed by atoms with Gasteiger partial charge in [0.2, 0.25) is 5.91 Å². The number of rotatable bonds is 7. The van der Waals surface area contributed by atoms with Crippen LogP contribution in [-0.2, 0) is 11.2 Å². The van der Waals surface area contributed by atoms with E-state index in [9.17, 15) is 4.79 Å². The summed E-state index contributed by atoms with van der Waals surface area (Å²) in [6, 6.07) is 1.66. The van der Waals surface area contributed by atoms with E-state index in [2.05, 4.69) is 26.0 Å². The average molecular weight is 252 g/mol. The van der Waals surface area contributed by atoms with E-state index in [-0.39, 0.29) is 12.5 Å². The van der Waals surface area contributed by atoms with Gasteiger partial charge in [-0.2, -0.15) is 0 Å². The van der Waals surface area contributed by atoms with Gasteiger partial charge in [0.15, 0.2) is 0 Å². The van der Waals surface area contributed by atoms with Crippen LogP contribution in [0.5, 0.6) is 0 Å². The third kappa shape index (κ3) is 4.54. The Morgan fingerprint density at radius 1 is 1.33 bits per heavy atom. The molecule has 0 atom stereocenters. The first-order valence-electron chi connectivity index (χ1n) is 6.04. The number of hydrogen-bond donors (Lipinski definition) is 4. The average Bonchev–Trinajstić information content (AvgIpc) is 2.42. The van der Waals surface area contributed by atoms with Crippen LogP contribution in [0.3, 0.4) is 0 Å². The molecule has 100 valence electrons. The lowest BCUT2D eigenvalue weighted by Gasteiger charge is -2.09. The van der Waals surface area contributed by atoms with Gasteiger partial charge in [-0.1, -0.05) is 13.8 Å². The molecule has 0 bridgehead atoms. The SMILES string of the molecule is CCCNC(=O)CNc1cc(NN)nc(CC)n1. The Bertz CT molecular complexity index is 373. The lowest BCUT2D eigenvalue weighted by atomic mass is 10.4. The summed E-state index contributed by atoms with van der Waals surface area (Å²) in [6.45, 7) is 4.82. The van der Waals surface area contributed by atoms with E-state index < -0.39 is 0 Å². The molecule has 0 spiro atoms. The van der Waals surface area contributed by atoms with Crippen LogP contribution in [0.25, 0.3) is 0 Å². The van der Waals surface area contributed by atoms with Crippen LogP contribution in [0.1, 0.15) is 26.1 Å². The summed E-state index contributed by atoms with van der Waals surface area (Å²) in [6.07, 6.45) is 1.62. The van der Waals surface area contributed by atoms with Crippen molar-refractivity contribution in [3.05, 3.63) is 11.9 Å². The van der Waals surface area contributed by atoms with Gasteiger partial charge in [0.1, 0.15) is 17.5 Å². The van der Waals surface area contributed by atoms with E-state index >= 15 is 0 Å². The molecule has 0 aliphatic carbocycles. The number of nitrogen functional groups attached to an aromatic ring is 1. The summed E-state index contributed by atoms with van der Waals surface area (Å²) >= 11 is 0. The van der Waals surface area contributed by atoms with E-state index in [1.807, 2.05) is 13.8 Å². The third-order valence-electron chi connectivity index (χ3n) is 2.24. The number of carbonyl (C=O) groups is 1. The van der Waals surface area contributed by atoms with Gasteiger partial charge >= 0.3 is 0 Å². The number of hydrogen-bond acceptors (Lipinski definition) is 6. The lowest BCUT2D eigenvalue weighted by Crippen LogP contribution is -2.30. The minimum Gasteiger partial charge on any atom is -0.361 e. The smallest absolute Gasteiger partial charge is 0.239 e. The number of amides is 1. The van der Waals surface area contributed by atoms with Gasteiger partial charge in [0.25, 0.3) is 0 Å². The Kier molecular flexibility index (Phi) is 5.86. The van der Waals surface area contributed by atoms with Gasteiger partial charge in [-0.15, -0.1) is 0 Å². The first-order valence-corrected chi connectivity index (χ1v) is 6.04. The minimum atomic E-state index is -0.0595. The molecule has 0 saturated carbocycles. The molecule has 0 saturated heterocycles. The zero-order valence-corrected chi connectivity index (χ0v) is 10.8.